The molecule has 0 spiro atoms. The zero-order valence-corrected chi connectivity index (χ0v) is 6.71. The Morgan fingerprint density at radius 2 is 2.18 bits per heavy atom. The lowest BCUT2D eigenvalue weighted by Crippen LogP contribution is -2.51. The van der Waals surface area contributed by atoms with Gasteiger partial charge in [0.2, 0.25) is 0 Å². The van der Waals surface area contributed by atoms with Gasteiger partial charge in [0, 0.05) is 0 Å². The first-order valence-electron chi connectivity index (χ1n) is 3.70. The highest BCUT2D eigenvalue weighted by Gasteiger charge is 2.31. The number of rotatable bonds is 5. The lowest BCUT2D eigenvalue weighted by molar-refractivity contribution is -0.145. The third-order valence-corrected chi connectivity index (χ3v) is 1.68. The van der Waals surface area contributed by atoms with Crippen LogP contribution < -0.4 is 5.73 Å². The standard InChI is InChI=1S/C7H15NO3/c1-2-3-4-7(8,5-9)6(10)11/h9H,2-5,8H2,1H3,(H,10,11). The van der Waals surface area contributed by atoms with Crippen LogP contribution >= 0.6 is 0 Å². The fourth-order valence-corrected chi connectivity index (χ4v) is 0.746. The molecule has 0 saturated heterocycles. The molecule has 66 valence electrons. The number of hydrogen-bond acceptors (Lipinski definition) is 3. The van der Waals surface area contributed by atoms with Gasteiger partial charge in [-0.3, -0.25) is 4.79 Å². The van der Waals surface area contributed by atoms with Crippen molar-refractivity contribution in [3.63, 3.8) is 0 Å². The van der Waals surface area contributed by atoms with Crippen LogP contribution in [0.25, 0.3) is 0 Å². The summed E-state index contributed by atoms with van der Waals surface area (Å²) in [5, 5.41) is 17.3. The molecule has 0 rings (SSSR count). The number of carbonyl (C=O) groups is 1. The van der Waals surface area contributed by atoms with Crippen molar-refractivity contribution in [1.29, 1.82) is 0 Å². The van der Waals surface area contributed by atoms with Crippen molar-refractivity contribution in [2.45, 2.75) is 31.7 Å². The van der Waals surface area contributed by atoms with E-state index in [2.05, 4.69) is 0 Å². The van der Waals surface area contributed by atoms with Gasteiger partial charge in [-0.05, 0) is 6.42 Å². The summed E-state index contributed by atoms with van der Waals surface area (Å²) in [6, 6.07) is 0. The average molecular weight is 161 g/mol. The first-order chi connectivity index (χ1) is 5.06. The summed E-state index contributed by atoms with van der Waals surface area (Å²) in [5.74, 6) is -1.13. The largest absolute Gasteiger partial charge is 0.480 e. The number of unbranched alkanes of at least 4 members (excludes halogenated alkanes) is 1. The number of aliphatic hydroxyl groups is 1. The molecule has 0 aliphatic heterocycles. The van der Waals surface area contributed by atoms with Crippen molar-refractivity contribution in [3.05, 3.63) is 0 Å². The molecule has 0 aliphatic carbocycles. The quantitative estimate of drug-likeness (QED) is 0.528. The zero-order chi connectivity index (χ0) is 8.91. The molecule has 4 heteroatoms. The molecule has 0 amide bonds. The van der Waals surface area contributed by atoms with Crippen LogP contribution in [-0.2, 0) is 4.79 Å². The number of nitrogens with two attached hydrogens (primary N) is 1. The van der Waals surface area contributed by atoms with Gasteiger partial charge in [-0.1, -0.05) is 19.8 Å². The molecule has 0 saturated carbocycles. The molecule has 0 aromatic heterocycles. The van der Waals surface area contributed by atoms with Crippen LogP contribution in [0.5, 0.6) is 0 Å². The van der Waals surface area contributed by atoms with Crippen molar-refractivity contribution < 1.29 is 15.0 Å². The van der Waals surface area contributed by atoms with E-state index in [1.54, 1.807) is 0 Å². The minimum absolute atomic E-state index is 0.329. The average Bonchev–Trinajstić information content (AvgIpc) is 2.00. The highest BCUT2D eigenvalue weighted by molar-refractivity contribution is 5.78. The van der Waals surface area contributed by atoms with Gasteiger partial charge in [-0.15, -0.1) is 0 Å². The zero-order valence-electron chi connectivity index (χ0n) is 6.71. The second kappa shape index (κ2) is 4.31. The summed E-state index contributed by atoms with van der Waals surface area (Å²) >= 11 is 0. The van der Waals surface area contributed by atoms with Crippen LogP contribution in [0.2, 0.25) is 0 Å². The van der Waals surface area contributed by atoms with E-state index in [0.717, 1.165) is 12.8 Å². The molecule has 0 bridgehead atoms. The van der Waals surface area contributed by atoms with Gasteiger partial charge in [-0.25, -0.2) is 0 Å². The number of aliphatic hydroxyl groups excluding tert-OH is 1. The van der Waals surface area contributed by atoms with Gasteiger partial charge in [0.1, 0.15) is 5.54 Å². The lowest BCUT2D eigenvalue weighted by atomic mass is 9.95. The first kappa shape index (κ1) is 10.4. The second-order valence-electron chi connectivity index (χ2n) is 2.72. The van der Waals surface area contributed by atoms with E-state index in [9.17, 15) is 4.79 Å². The van der Waals surface area contributed by atoms with Crippen LogP contribution in [0.1, 0.15) is 26.2 Å². The molecule has 0 aromatic carbocycles. The maximum Gasteiger partial charge on any atom is 0.326 e. The van der Waals surface area contributed by atoms with E-state index >= 15 is 0 Å². The van der Waals surface area contributed by atoms with Gasteiger partial charge in [-0.2, -0.15) is 0 Å². The maximum atomic E-state index is 10.5. The number of aliphatic carboxylic acids is 1. The van der Waals surface area contributed by atoms with Crippen LogP contribution in [0.3, 0.4) is 0 Å². The lowest BCUT2D eigenvalue weighted by Gasteiger charge is -2.21. The first-order valence-corrected chi connectivity index (χ1v) is 3.70. The molecule has 0 radical (unpaired) electrons. The van der Waals surface area contributed by atoms with Crippen molar-refractivity contribution in [2.24, 2.45) is 5.73 Å². The van der Waals surface area contributed by atoms with Gasteiger partial charge < -0.3 is 15.9 Å². The number of carboxylic acids is 1. The Hall–Kier alpha value is -0.610. The monoisotopic (exact) mass is 161 g/mol. The van der Waals surface area contributed by atoms with Crippen molar-refractivity contribution in [1.82, 2.24) is 0 Å². The minimum atomic E-state index is -1.43. The summed E-state index contributed by atoms with van der Waals surface area (Å²) in [4.78, 5) is 10.5. The van der Waals surface area contributed by atoms with E-state index in [-0.39, 0.29) is 0 Å². The normalized spacial score (nSPS) is 15.9. The smallest absolute Gasteiger partial charge is 0.326 e. The third kappa shape index (κ3) is 2.86. The summed E-state index contributed by atoms with van der Waals surface area (Å²) < 4.78 is 0. The molecule has 0 aromatic rings. The van der Waals surface area contributed by atoms with Gasteiger partial charge in [0.05, 0.1) is 6.61 Å². The predicted molar refractivity (Wildman–Crippen MR) is 41.2 cm³/mol. The third-order valence-electron chi connectivity index (χ3n) is 1.68. The van der Waals surface area contributed by atoms with Crippen molar-refractivity contribution in [3.8, 4) is 0 Å². The predicted octanol–water partition coefficient (Wildman–Crippen LogP) is -0.0490. The SMILES string of the molecule is CCCCC(N)(CO)C(=O)O. The summed E-state index contributed by atoms with van der Waals surface area (Å²) in [5.41, 5.74) is 3.94. The molecule has 4 nitrogen and oxygen atoms in total. The molecular formula is C7H15NO3. The Kier molecular flexibility index (Phi) is 4.07. The van der Waals surface area contributed by atoms with E-state index in [1.165, 1.54) is 0 Å². The summed E-state index contributed by atoms with van der Waals surface area (Å²) in [6.07, 6.45) is 1.94. The van der Waals surface area contributed by atoms with E-state index in [4.69, 9.17) is 15.9 Å². The highest BCUT2D eigenvalue weighted by atomic mass is 16.4. The molecule has 0 aliphatic rings. The Balaban J connectivity index is 3.99. The Morgan fingerprint density at radius 1 is 1.64 bits per heavy atom. The highest BCUT2D eigenvalue weighted by Crippen LogP contribution is 2.10. The molecule has 1 atom stereocenters. The molecule has 0 heterocycles. The van der Waals surface area contributed by atoms with Crippen LogP contribution in [0.15, 0.2) is 0 Å². The van der Waals surface area contributed by atoms with Crippen molar-refractivity contribution in [2.75, 3.05) is 6.61 Å². The van der Waals surface area contributed by atoms with E-state index < -0.39 is 18.1 Å². The van der Waals surface area contributed by atoms with Crippen molar-refractivity contribution >= 4 is 5.97 Å². The summed E-state index contributed by atoms with van der Waals surface area (Å²) in [6.45, 7) is 1.45. The molecular weight excluding hydrogens is 146 g/mol. The molecule has 11 heavy (non-hydrogen) atoms. The molecule has 1 unspecified atom stereocenters. The number of carboxylic acid groups (broad SMARTS) is 1. The van der Waals surface area contributed by atoms with Crippen LogP contribution in [0, 0.1) is 0 Å². The topological polar surface area (TPSA) is 83.5 Å². The summed E-state index contributed by atoms with van der Waals surface area (Å²) in [7, 11) is 0. The Labute approximate surface area is 66.0 Å². The van der Waals surface area contributed by atoms with Gasteiger partial charge >= 0.3 is 5.97 Å². The maximum absolute atomic E-state index is 10.5. The Bertz CT molecular complexity index is 138. The van der Waals surface area contributed by atoms with Crippen LogP contribution in [-0.4, -0.2) is 28.3 Å². The second-order valence-corrected chi connectivity index (χ2v) is 2.72. The van der Waals surface area contributed by atoms with Crippen LogP contribution in [0.4, 0.5) is 0 Å². The fraction of sp³-hybridized carbons (Fsp3) is 0.857. The molecule has 4 N–H and O–H groups in total. The van der Waals surface area contributed by atoms with Gasteiger partial charge in [0.15, 0.2) is 0 Å². The number of hydrogen-bond donors (Lipinski definition) is 3. The molecule has 0 fully saturated rings. The Morgan fingerprint density at radius 3 is 2.45 bits per heavy atom. The van der Waals surface area contributed by atoms with E-state index in [0.29, 0.717) is 6.42 Å². The van der Waals surface area contributed by atoms with E-state index in [1.807, 2.05) is 6.92 Å². The van der Waals surface area contributed by atoms with Gasteiger partial charge in [0.25, 0.3) is 0 Å². The fourth-order valence-electron chi connectivity index (χ4n) is 0.746. The minimum Gasteiger partial charge on any atom is -0.480 e.